The summed E-state index contributed by atoms with van der Waals surface area (Å²) in [5.41, 5.74) is 6.64. The molecule has 2 N–H and O–H groups in total. The highest BCUT2D eigenvalue weighted by atomic mass is 16.5. The summed E-state index contributed by atoms with van der Waals surface area (Å²) in [7, 11) is 0. The molecule has 0 unspecified atom stereocenters. The van der Waals surface area contributed by atoms with Crippen LogP contribution >= 0.6 is 0 Å². The molecular weight excluding hydrogens is 212 g/mol. The van der Waals surface area contributed by atoms with Gasteiger partial charge in [0.15, 0.2) is 0 Å². The third-order valence-corrected chi connectivity index (χ3v) is 2.60. The summed E-state index contributed by atoms with van der Waals surface area (Å²) in [4.78, 5) is 2.16. The molecule has 17 heavy (non-hydrogen) atoms. The van der Waals surface area contributed by atoms with Gasteiger partial charge in [0.2, 0.25) is 0 Å². The first-order valence-corrected chi connectivity index (χ1v) is 5.87. The van der Waals surface area contributed by atoms with Crippen LogP contribution in [0, 0.1) is 12.3 Å². The molecule has 0 aliphatic rings. The number of benzene rings is 1. The van der Waals surface area contributed by atoms with Gasteiger partial charge in [0.25, 0.3) is 0 Å². The van der Waals surface area contributed by atoms with Gasteiger partial charge in [0.05, 0.1) is 6.54 Å². The zero-order valence-corrected chi connectivity index (χ0v) is 10.4. The van der Waals surface area contributed by atoms with Gasteiger partial charge in [-0.2, -0.15) is 0 Å². The van der Waals surface area contributed by atoms with E-state index < -0.39 is 0 Å². The van der Waals surface area contributed by atoms with E-state index in [0.29, 0.717) is 19.7 Å². The molecule has 3 nitrogen and oxygen atoms in total. The summed E-state index contributed by atoms with van der Waals surface area (Å²) in [5.74, 6) is 3.51. The third kappa shape index (κ3) is 4.90. The molecular formula is C14H20N2O. The summed E-state index contributed by atoms with van der Waals surface area (Å²) >= 11 is 0. The summed E-state index contributed by atoms with van der Waals surface area (Å²) in [6.07, 6.45) is 5.28. The van der Waals surface area contributed by atoms with Crippen molar-refractivity contribution >= 4 is 0 Å². The lowest BCUT2D eigenvalue weighted by Crippen LogP contribution is -2.28. The van der Waals surface area contributed by atoms with Crippen molar-refractivity contribution in [2.24, 2.45) is 5.73 Å². The van der Waals surface area contributed by atoms with Crippen molar-refractivity contribution in [2.45, 2.75) is 13.5 Å². The minimum atomic E-state index is 0.562. The molecule has 0 amide bonds. The molecule has 0 aliphatic carbocycles. The van der Waals surface area contributed by atoms with Crippen LogP contribution in [0.2, 0.25) is 0 Å². The number of likely N-dealkylation sites (N-methyl/N-ethyl adjacent to an activating group) is 1. The average molecular weight is 232 g/mol. The smallest absolute Gasteiger partial charge is 0.119 e. The zero-order chi connectivity index (χ0) is 12.5. The first kappa shape index (κ1) is 13.6. The minimum absolute atomic E-state index is 0.562. The molecule has 3 heteroatoms. The fraction of sp³-hybridized carbons (Fsp3) is 0.429. The quantitative estimate of drug-likeness (QED) is 0.724. The lowest BCUT2D eigenvalue weighted by Gasteiger charge is -2.17. The fourth-order valence-corrected chi connectivity index (χ4v) is 1.49. The van der Waals surface area contributed by atoms with Gasteiger partial charge in [0, 0.05) is 13.1 Å². The summed E-state index contributed by atoms with van der Waals surface area (Å²) in [6.45, 7) is 5.77. The van der Waals surface area contributed by atoms with Gasteiger partial charge in [-0.15, -0.1) is 6.42 Å². The Hall–Kier alpha value is -1.50. The molecule has 0 radical (unpaired) electrons. The molecule has 92 valence electrons. The topological polar surface area (TPSA) is 38.5 Å². The molecule has 0 bridgehead atoms. The van der Waals surface area contributed by atoms with Crippen molar-refractivity contribution in [1.29, 1.82) is 0 Å². The molecule has 0 heterocycles. The van der Waals surface area contributed by atoms with Gasteiger partial charge in [-0.1, -0.05) is 25.0 Å². The van der Waals surface area contributed by atoms with E-state index in [1.807, 2.05) is 24.3 Å². The van der Waals surface area contributed by atoms with Crippen LogP contribution in [-0.2, 0) is 6.54 Å². The van der Waals surface area contributed by atoms with Crippen molar-refractivity contribution in [3.05, 3.63) is 29.8 Å². The van der Waals surface area contributed by atoms with Crippen LogP contribution in [0.25, 0.3) is 0 Å². The van der Waals surface area contributed by atoms with E-state index in [9.17, 15) is 0 Å². The molecule has 0 aliphatic heterocycles. The van der Waals surface area contributed by atoms with Gasteiger partial charge in [0.1, 0.15) is 12.4 Å². The molecule has 1 aromatic rings. The van der Waals surface area contributed by atoms with Crippen LogP contribution in [0.4, 0.5) is 0 Å². The van der Waals surface area contributed by atoms with Crippen LogP contribution in [0.5, 0.6) is 5.75 Å². The molecule has 0 fully saturated rings. The maximum absolute atomic E-state index is 5.63. The number of terminal acetylenes is 1. The maximum atomic E-state index is 5.63. The Kier molecular flexibility index (Phi) is 6.16. The molecule has 0 saturated heterocycles. The van der Waals surface area contributed by atoms with Crippen LogP contribution < -0.4 is 10.5 Å². The second-order valence-electron chi connectivity index (χ2n) is 3.77. The Morgan fingerprint density at radius 1 is 1.35 bits per heavy atom. The van der Waals surface area contributed by atoms with Crippen molar-refractivity contribution in [1.82, 2.24) is 4.90 Å². The molecule has 0 atom stereocenters. The third-order valence-electron chi connectivity index (χ3n) is 2.60. The lowest BCUT2D eigenvalue weighted by molar-refractivity contribution is 0.232. The maximum Gasteiger partial charge on any atom is 0.119 e. The average Bonchev–Trinajstić information content (AvgIpc) is 2.38. The highest BCUT2D eigenvalue weighted by molar-refractivity contribution is 5.27. The van der Waals surface area contributed by atoms with Gasteiger partial charge < -0.3 is 10.5 Å². The van der Waals surface area contributed by atoms with Gasteiger partial charge in [-0.05, 0) is 24.2 Å². The van der Waals surface area contributed by atoms with E-state index >= 15 is 0 Å². The Labute approximate surface area is 104 Å². The highest BCUT2D eigenvalue weighted by Crippen LogP contribution is 2.11. The van der Waals surface area contributed by atoms with E-state index in [0.717, 1.165) is 24.4 Å². The van der Waals surface area contributed by atoms with Crippen molar-refractivity contribution in [2.75, 3.05) is 26.2 Å². The van der Waals surface area contributed by atoms with Crippen molar-refractivity contribution in [3.63, 3.8) is 0 Å². The number of rotatable bonds is 7. The highest BCUT2D eigenvalue weighted by Gasteiger charge is 2.00. The van der Waals surface area contributed by atoms with E-state index in [4.69, 9.17) is 16.9 Å². The Morgan fingerprint density at radius 3 is 2.59 bits per heavy atom. The lowest BCUT2D eigenvalue weighted by atomic mass is 10.2. The number of ether oxygens (including phenoxy) is 1. The van der Waals surface area contributed by atoms with E-state index in [2.05, 4.69) is 17.7 Å². The molecule has 1 aromatic carbocycles. The van der Waals surface area contributed by atoms with Gasteiger partial charge >= 0.3 is 0 Å². The largest absolute Gasteiger partial charge is 0.492 e. The SMILES string of the molecule is C#CCN(CC)CCOc1ccc(CN)cc1. The van der Waals surface area contributed by atoms with Crippen molar-refractivity contribution < 1.29 is 4.74 Å². The van der Waals surface area contributed by atoms with Gasteiger partial charge in [-0.3, -0.25) is 4.90 Å². The van der Waals surface area contributed by atoms with Crippen molar-refractivity contribution in [3.8, 4) is 18.1 Å². The summed E-state index contributed by atoms with van der Waals surface area (Å²) in [5, 5.41) is 0. The predicted molar refractivity (Wildman–Crippen MR) is 70.8 cm³/mol. The number of nitrogens with two attached hydrogens (primary N) is 1. The monoisotopic (exact) mass is 232 g/mol. The normalized spacial score (nSPS) is 10.2. The molecule has 0 saturated carbocycles. The van der Waals surface area contributed by atoms with Crippen LogP contribution in [-0.4, -0.2) is 31.1 Å². The number of hydrogen-bond donors (Lipinski definition) is 1. The van der Waals surface area contributed by atoms with Crippen LogP contribution in [0.3, 0.4) is 0 Å². The minimum Gasteiger partial charge on any atom is -0.492 e. The molecule has 0 spiro atoms. The Bertz CT molecular complexity index is 353. The second-order valence-corrected chi connectivity index (χ2v) is 3.77. The van der Waals surface area contributed by atoms with E-state index in [1.165, 1.54) is 0 Å². The van der Waals surface area contributed by atoms with Gasteiger partial charge in [-0.25, -0.2) is 0 Å². The van der Waals surface area contributed by atoms with E-state index in [-0.39, 0.29) is 0 Å². The first-order chi connectivity index (χ1) is 8.30. The first-order valence-electron chi connectivity index (χ1n) is 5.87. The van der Waals surface area contributed by atoms with Crippen LogP contribution in [0.1, 0.15) is 12.5 Å². The summed E-state index contributed by atoms with van der Waals surface area (Å²) in [6, 6.07) is 7.85. The summed E-state index contributed by atoms with van der Waals surface area (Å²) < 4.78 is 5.63. The standard InChI is InChI=1S/C14H20N2O/c1-3-9-16(4-2)10-11-17-14-7-5-13(12-15)6-8-14/h1,5-8H,4,9-12,15H2,2H3. The fourth-order valence-electron chi connectivity index (χ4n) is 1.49. The van der Waals surface area contributed by atoms with Crippen LogP contribution in [0.15, 0.2) is 24.3 Å². The molecule has 1 rings (SSSR count). The number of nitrogens with zero attached hydrogens (tertiary/aromatic N) is 1. The second kappa shape index (κ2) is 7.72. The van der Waals surface area contributed by atoms with E-state index in [1.54, 1.807) is 0 Å². The number of hydrogen-bond acceptors (Lipinski definition) is 3. The molecule has 0 aromatic heterocycles. The Balaban J connectivity index is 2.32. The Morgan fingerprint density at radius 2 is 2.06 bits per heavy atom. The zero-order valence-electron chi connectivity index (χ0n) is 10.4. The predicted octanol–water partition coefficient (Wildman–Crippen LogP) is 1.48.